The van der Waals surface area contributed by atoms with Crippen molar-refractivity contribution in [1.82, 2.24) is 4.90 Å². The zero-order valence-corrected chi connectivity index (χ0v) is 11.3. The van der Waals surface area contributed by atoms with Gasteiger partial charge in [-0.2, -0.15) is 0 Å². The molecule has 4 nitrogen and oxygen atoms in total. The summed E-state index contributed by atoms with van der Waals surface area (Å²) in [4.78, 5) is 13.1. The van der Waals surface area contributed by atoms with Gasteiger partial charge in [0.25, 0.3) is 0 Å². The van der Waals surface area contributed by atoms with Crippen LogP contribution < -0.4 is 0 Å². The monoisotopic (exact) mass is 255 g/mol. The molecular formula is C14H25NO3. The van der Waals surface area contributed by atoms with Crippen molar-refractivity contribution in [3.8, 4) is 0 Å². The Morgan fingerprint density at radius 2 is 2.00 bits per heavy atom. The van der Waals surface area contributed by atoms with Crippen LogP contribution in [0.2, 0.25) is 0 Å². The molecule has 1 saturated heterocycles. The molecule has 0 aromatic carbocycles. The SMILES string of the molecule is COCC(C1CC1)N1CCC(CCC(=O)O)CC1. The Balaban J connectivity index is 1.72. The van der Waals surface area contributed by atoms with E-state index >= 15 is 0 Å². The molecule has 0 spiro atoms. The number of hydrogen-bond acceptors (Lipinski definition) is 3. The van der Waals surface area contributed by atoms with Crippen molar-refractivity contribution in [2.24, 2.45) is 11.8 Å². The van der Waals surface area contributed by atoms with Gasteiger partial charge in [0.1, 0.15) is 0 Å². The fraction of sp³-hybridized carbons (Fsp3) is 0.929. The highest BCUT2D eigenvalue weighted by Gasteiger charge is 2.36. The Morgan fingerprint density at radius 1 is 1.33 bits per heavy atom. The van der Waals surface area contributed by atoms with Gasteiger partial charge in [-0.05, 0) is 57.0 Å². The number of nitrogens with zero attached hydrogens (tertiary/aromatic N) is 1. The van der Waals surface area contributed by atoms with Crippen LogP contribution in [0.15, 0.2) is 0 Å². The number of carboxylic acids is 1. The second kappa shape index (κ2) is 6.53. The Morgan fingerprint density at radius 3 is 2.50 bits per heavy atom. The van der Waals surface area contributed by atoms with Gasteiger partial charge >= 0.3 is 5.97 Å². The first-order valence-corrected chi connectivity index (χ1v) is 7.15. The van der Waals surface area contributed by atoms with Gasteiger partial charge in [-0.1, -0.05) is 0 Å². The second-order valence-electron chi connectivity index (χ2n) is 5.77. The number of aliphatic carboxylic acids is 1. The van der Waals surface area contributed by atoms with E-state index in [1.807, 2.05) is 0 Å². The van der Waals surface area contributed by atoms with Crippen LogP contribution in [0, 0.1) is 11.8 Å². The molecular weight excluding hydrogens is 230 g/mol. The molecule has 1 saturated carbocycles. The third-order valence-corrected chi connectivity index (χ3v) is 4.39. The number of rotatable bonds is 7. The summed E-state index contributed by atoms with van der Waals surface area (Å²) in [5.41, 5.74) is 0. The number of piperidine rings is 1. The van der Waals surface area contributed by atoms with Crippen molar-refractivity contribution < 1.29 is 14.6 Å². The van der Waals surface area contributed by atoms with E-state index in [-0.39, 0.29) is 0 Å². The Bertz CT molecular complexity index is 270. The zero-order valence-electron chi connectivity index (χ0n) is 11.3. The third kappa shape index (κ3) is 3.95. The molecule has 2 aliphatic rings. The van der Waals surface area contributed by atoms with Crippen molar-refractivity contribution in [2.45, 2.75) is 44.6 Å². The lowest BCUT2D eigenvalue weighted by Gasteiger charge is -2.37. The maximum absolute atomic E-state index is 10.6. The maximum Gasteiger partial charge on any atom is 0.303 e. The predicted octanol–water partition coefficient (Wildman–Crippen LogP) is 1.99. The number of ether oxygens (including phenoxy) is 1. The van der Waals surface area contributed by atoms with E-state index in [1.165, 1.54) is 12.8 Å². The first kappa shape index (κ1) is 13.8. The molecule has 1 heterocycles. The van der Waals surface area contributed by atoms with Crippen molar-refractivity contribution in [3.63, 3.8) is 0 Å². The van der Waals surface area contributed by atoms with Crippen LogP contribution in [0.5, 0.6) is 0 Å². The summed E-state index contributed by atoms with van der Waals surface area (Å²) >= 11 is 0. The Hall–Kier alpha value is -0.610. The van der Waals surface area contributed by atoms with E-state index in [2.05, 4.69) is 4.90 Å². The summed E-state index contributed by atoms with van der Waals surface area (Å²) < 4.78 is 5.34. The molecule has 1 atom stereocenters. The zero-order chi connectivity index (χ0) is 13.0. The Kier molecular flexibility index (Phi) is 5.01. The average Bonchev–Trinajstić information content (AvgIpc) is 3.18. The van der Waals surface area contributed by atoms with Crippen molar-refractivity contribution in [1.29, 1.82) is 0 Å². The second-order valence-corrected chi connectivity index (χ2v) is 5.77. The molecule has 1 aliphatic carbocycles. The summed E-state index contributed by atoms with van der Waals surface area (Å²) in [7, 11) is 1.79. The smallest absolute Gasteiger partial charge is 0.303 e. The molecule has 104 valence electrons. The standard InChI is InChI=1S/C14H25NO3/c1-18-10-13(12-3-4-12)15-8-6-11(7-9-15)2-5-14(16)17/h11-13H,2-10H2,1H3,(H,16,17). The van der Waals surface area contributed by atoms with Gasteiger partial charge in [-0.3, -0.25) is 9.69 Å². The van der Waals surface area contributed by atoms with E-state index in [0.29, 0.717) is 18.4 Å². The van der Waals surface area contributed by atoms with Gasteiger partial charge in [-0.25, -0.2) is 0 Å². The minimum Gasteiger partial charge on any atom is -0.481 e. The number of carboxylic acid groups (broad SMARTS) is 1. The minimum atomic E-state index is -0.660. The molecule has 0 radical (unpaired) electrons. The van der Waals surface area contributed by atoms with Crippen LogP contribution in [0.1, 0.15) is 38.5 Å². The lowest BCUT2D eigenvalue weighted by molar-refractivity contribution is -0.137. The molecule has 4 heteroatoms. The lowest BCUT2D eigenvalue weighted by atomic mass is 9.91. The van der Waals surface area contributed by atoms with Crippen LogP contribution in [-0.4, -0.2) is 48.8 Å². The van der Waals surface area contributed by atoms with Crippen molar-refractivity contribution >= 4 is 5.97 Å². The molecule has 1 aliphatic heterocycles. The first-order chi connectivity index (χ1) is 8.70. The molecule has 0 bridgehead atoms. The number of likely N-dealkylation sites (tertiary alicyclic amines) is 1. The molecule has 0 amide bonds. The quantitative estimate of drug-likeness (QED) is 0.756. The summed E-state index contributed by atoms with van der Waals surface area (Å²) in [6.07, 6.45) is 6.19. The largest absolute Gasteiger partial charge is 0.481 e. The normalized spacial score (nSPS) is 24.1. The van der Waals surface area contributed by atoms with E-state index < -0.39 is 5.97 Å². The van der Waals surface area contributed by atoms with E-state index in [0.717, 1.165) is 44.9 Å². The van der Waals surface area contributed by atoms with E-state index in [1.54, 1.807) is 7.11 Å². The topological polar surface area (TPSA) is 49.8 Å². The minimum absolute atomic E-state index is 0.328. The highest BCUT2D eigenvalue weighted by atomic mass is 16.5. The van der Waals surface area contributed by atoms with Gasteiger partial charge < -0.3 is 9.84 Å². The van der Waals surface area contributed by atoms with Crippen molar-refractivity contribution in [3.05, 3.63) is 0 Å². The lowest BCUT2D eigenvalue weighted by Crippen LogP contribution is -2.45. The van der Waals surface area contributed by atoms with Crippen LogP contribution in [0.25, 0.3) is 0 Å². The average molecular weight is 255 g/mol. The van der Waals surface area contributed by atoms with Gasteiger partial charge in [0.2, 0.25) is 0 Å². The highest BCUT2D eigenvalue weighted by molar-refractivity contribution is 5.66. The number of carbonyl (C=O) groups is 1. The fourth-order valence-corrected chi connectivity index (χ4v) is 3.09. The summed E-state index contributed by atoms with van der Waals surface area (Å²) in [5.74, 6) is 0.799. The van der Waals surface area contributed by atoms with Crippen LogP contribution in [-0.2, 0) is 9.53 Å². The third-order valence-electron chi connectivity index (χ3n) is 4.39. The van der Waals surface area contributed by atoms with Gasteiger partial charge in [0.05, 0.1) is 6.61 Å². The Labute approximate surface area is 109 Å². The fourth-order valence-electron chi connectivity index (χ4n) is 3.09. The van der Waals surface area contributed by atoms with Crippen LogP contribution >= 0.6 is 0 Å². The highest BCUT2D eigenvalue weighted by Crippen LogP contribution is 2.37. The molecule has 18 heavy (non-hydrogen) atoms. The molecule has 0 aromatic rings. The number of hydrogen-bond donors (Lipinski definition) is 1. The van der Waals surface area contributed by atoms with E-state index in [9.17, 15) is 4.79 Å². The predicted molar refractivity (Wildman–Crippen MR) is 69.6 cm³/mol. The molecule has 2 rings (SSSR count). The van der Waals surface area contributed by atoms with Crippen LogP contribution in [0.3, 0.4) is 0 Å². The van der Waals surface area contributed by atoms with Crippen LogP contribution in [0.4, 0.5) is 0 Å². The van der Waals surface area contributed by atoms with Gasteiger partial charge in [0, 0.05) is 19.6 Å². The molecule has 1 unspecified atom stereocenters. The molecule has 0 aromatic heterocycles. The van der Waals surface area contributed by atoms with Crippen molar-refractivity contribution in [2.75, 3.05) is 26.8 Å². The summed E-state index contributed by atoms with van der Waals surface area (Å²) in [6.45, 7) is 3.09. The van der Waals surface area contributed by atoms with Gasteiger partial charge in [0.15, 0.2) is 0 Å². The number of methoxy groups -OCH3 is 1. The van der Waals surface area contributed by atoms with E-state index in [4.69, 9.17) is 9.84 Å². The summed E-state index contributed by atoms with van der Waals surface area (Å²) in [6, 6.07) is 0.607. The molecule has 1 N–H and O–H groups in total. The maximum atomic E-state index is 10.6. The molecule has 2 fully saturated rings. The first-order valence-electron chi connectivity index (χ1n) is 7.15. The van der Waals surface area contributed by atoms with Gasteiger partial charge in [-0.15, -0.1) is 0 Å². The summed E-state index contributed by atoms with van der Waals surface area (Å²) in [5, 5.41) is 8.71.